The molecule has 1 amide bonds. The maximum absolute atomic E-state index is 11.8. The van der Waals surface area contributed by atoms with Crippen molar-refractivity contribution >= 4 is 11.9 Å². The quantitative estimate of drug-likeness (QED) is 0.833. The summed E-state index contributed by atoms with van der Waals surface area (Å²) in [6, 6.07) is 0.587. The number of carboxylic acids is 1. The lowest BCUT2D eigenvalue weighted by molar-refractivity contribution is -0.140. The first-order valence-electron chi connectivity index (χ1n) is 5.83. The van der Waals surface area contributed by atoms with Gasteiger partial charge in [-0.25, -0.2) is 4.79 Å². The summed E-state index contributed by atoms with van der Waals surface area (Å²) in [6.45, 7) is 7.29. The van der Waals surface area contributed by atoms with Gasteiger partial charge >= 0.3 is 5.97 Å². The van der Waals surface area contributed by atoms with Crippen molar-refractivity contribution in [1.82, 2.24) is 10.5 Å². The topological polar surface area (TPSA) is 92.4 Å². The summed E-state index contributed by atoms with van der Waals surface area (Å²) in [5.41, 5.74) is 0.663. The number of carboxylic acid groups (broad SMARTS) is 1. The van der Waals surface area contributed by atoms with Gasteiger partial charge in [-0.1, -0.05) is 32.9 Å². The predicted octanol–water partition coefficient (Wildman–Crippen LogP) is 1.64. The third-order valence-electron chi connectivity index (χ3n) is 2.56. The van der Waals surface area contributed by atoms with Gasteiger partial charge in [-0.05, 0) is 11.8 Å². The fraction of sp³-hybridized carbons (Fsp3) is 0.583. The Labute approximate surface area is 105 Å². The molecule has 0 aliphatic carbocycles. The molecule has 100 valence electrons. The largest absolute Gasteiger partial charge is 0.480 e. The standard InChI is InChI=1S/C12H18N2O4/c1-6(2)8-5-9(18-14-8)11(15)13-10(7(3)4)12(16)17/h5-7,10H,1-4H3,(H,13,15)(H,16,17). The number of nitrogens with one attached hydrogen (secondary N) is 1. The number of rotatable bonds is 5. The maximum atomic E-state index is 11.8. The summed E-state index contributed by atoms with van der Waals surface area (Å²) < 4.78 is 4.89. The third kappa shape index (κ3) is 3.32. The van der Waals surface area contributed by atoms with Crippen LogP contribution in [-0.2, 0) is 4.79 Å². The van der Waals surface area contributed by atoms with Gasteiger partial charge in [-0.2, -0.15) is 0 Å². The monoisotopic (exact) mass is 254 g/mol. The summed E-state index contributed by atoms with van der Waals surface area (Å²) in [4.78, 5) is 22.8. The van der Waals surface area contributed by atoms with Crippen LogP contribution in [0, 0.1) is 5.92 Å². The fourth-order valence-electron chi connectivity index (χ4n) is 1.39. The molecule has 1 atom stereocenters. The minimum Gasteiger partial charge on any atom is -0.480 e. The van der Waals surface area contributed by atoms with E-state index in [9.17, 15) is 9.59 Å². The lowest BCUT2D eigenvalue weighted by atomic mass is 10.0. The molecule has 6 heteroatoms. The molecule has 0 saturated carbocycles. The molecule has 2 N–H and O–H groups in total. The van der Waals surface area contributed by atoms with Gasteiger partial charge in [0.1, 0.15) is 6.04 Å². The number of aliphatic carboxylic acids is 1. The van der Waals surface area contributed by atoms with E-state index in [0.29, 0.717) is 5.69 Å². The molecule has 18 heavy (non-hydrogen) atoms. The van der Waals surface area contributed by atoms with E-state index in [2.05, 4.69) is 10.5 Å². The number of aromatic nitrogens is 1. The highest BCUT2D eigenvalue weighted by molar-refractivity contribution is 5.94. The fourth-order valence-corrected chi connectivity index (χ4v) is 1.39. The highest BCUT2D eigenvalue weighted by Gasteiger charge is 2.25. The Bertz CT molecular complexity index is 437. The van der Waals surface area contributed by atoms with Crippen molar-refractivity contribution in [1.29, 1.82) is 0 Å². The second-order valence-corrected chi connectivity index (χ2v) is 4.80. The zero-order chi connectivity index (χ0) is 13.9. The molecular weight excluding hydrogens is 236 g/mol. The van der Waals surface area contributed by atoms with Crippen LogP contribution in [0.15, 0.2) is 10.6 Å². The molecule has 1 rings (SSSR count). The maximum Gasteiger partial charge on any atom is 0.326 e. The summed E-state index contributed by atoms with van der Waals surface area (Å²) in [7, 11) is 0. The van der Waals surface area contributed by atoms with Crippen molar-refractivity contribution < 1.29 is 19.2 Å². The first-order valence-corrected chi connectivity index (χ1v) is 5.83. The molecule has 0 spiro atoms. The van der Waals surface area contributed by atoms with Crippen molar-refractivity contribution in [2.75, 3.05) is 0 Å². The van der Waals surface area contributed by atoms with Gasteiger partial charge in [-0.15, -0.1) is 0 Å². The van der Waals surface area contributed by atoms with Gasteiger partial charge in [0.15, 0.2) is 0 Å². The molecular formula is C12H18N2O4. The van der Waals surface area contributed by atoms with E-state index in [1.165, 1.54) is 6.07 Å². The van der Waals surface area contributed by atoms with Crippen molar-refractivity contribution in [3.05, 3.63) is 17.5 Å². The highest BCUT2D eigenvalue weighted by atomic mass is 16.5. The summed E-state index contributed by atoms with van der Waals surface area (Å²) in [5, 5.41) is 15.1. The van der Waals surface area contributed by atoms with Gasteiger partial charge in [0.25, 0.3) is 5.91 Å². The van der Waals surface area contributed by atoms with Gasteiger partial charge in [0, 0.05) is 6.07 Å². The lowest BCUT2D eigenvalue weighted by Crippen LogP contribution is -2.44. The molecule has 0 bridgehead atoms. The number of amides is 1. The normalized spacial score (nSPS) is 12.8. The number of nitrogens with zero attached hydrogens (tertiary/aromatic N) is 1. The Morgan fingerprint density at radius 1 is 1.33 bits per heavy atom. The van der Waals surface area contributed by atoms with Crippen LogP contribution in [0.4, 0.5) is 0 Å². The molecule has 1 heterocycles. The van der Waals surface area contributed by atoms with E-state index in [0.717, 1.165) is 0 Å². The first-order chi connectivity index (χ1) is 8.32. The second-order valence-electron chi connectivity index (χ2n) is 4.80. The van der Waals surface area contributed by atoms with Crippen LogP contribution >= 0.6 is 0 Å². The zero-order valence-corrected chi connectivity index (χ0v) is 10.9. The number of hydrogen-bond donors (Lipinski definition) is 2. The Kier molecular flexibility index (Phi) is 4.47. The predicted molar refractivity (Wildman–Crippen MR) is 64.3 cm³/mol. The minimum absolute atomic E-state index is 0.0330. The van der Waals surface area contributed by atoms with Crippen molar-refractivity contribution in [3.63, 3.8) is 0 Å². The first kappa shape index (κ1) is 14.2. The highest BCUT2D eigenvalue weighted by Crippen LogP contribution is 2.14. The second kappa shape index (κ2) is 5.66. The Morgan fingerprint density at radius 2 is 1.94 bits per heavy atom. The van der Waals surface area contributed by atoms with E-state index in [1.807, 2.05) is 13.8 Å². The van der Waals surface area contributed by atoms with Crippen LogP contribution in [0.2, 0.25) is 0 Å². The van der Waals surface area contributed by atoms with E-state index in [1.54, 1.807) is 13.8 Å². The van der Waals surface area contributed by atoms with Crippen LogP contribution < -0.4 is 5.32 Å². The van der Waals surface area contributed by atoms with E-state index < -0.39 is 17.9 Å². The molecule has 6 nitrogen and oxygen atoms in total. The third-order valence-corrected chi connectivity index (χ3v) is 2.56. The SMILES string of the molecule is CC(C)c1cc(C(=O)NC(C(=O)O)C(C)C)on1. The Hall–Kier alpha value is -1.85. The molecule has 1 aromatic heterocycles. The number of carbonyl (C=O) groups excluding carboxylic acids is 1. The molecule has 1 aromatic rings. The molecule has 0 saturated heterocycles. The summed E-state index contributed by atoms with van der Waals surface area (Å²) >= 11 is 0. The molecule has 1 unspecified atom stereocenters. The average Bonchev–Trinajstić information content (AvgIpc) is 2.73. The van der Waals surface area contributed by atoms with Gasteiger partial charge in [0.2, 0.25) is 5.76 Å². The lowest BCUT2D eigenvalue weighted by Gasteiger charge is -2.16. The van der Waals surface area contributed by atoms with Crippen LogP contribution in [0.1, 0.15) is 49.9 Å². The van der Waals surface area contributed by atoms with Crippen LogP contribution in [0.25, 0.3) is 0 Å². The molecule has 0 radical (unpaired) electrons. The van der Waals surface area contributed by atoms with Crippen molar-refractivity contribution in [2.24, 2.45) is 5.92 Å². The number of hydrogen-bond acceptors (Lipinski definition) is 4. The van der Waals surface area contributed by atoms with Gasteiger partial charge in [-0.3, -0.25) is 4.79 Å². The van der Waals surface area contributed by atoms with E-state index in [-0.39, 0.29) is 17.6 Å². The van der Waals surface area contributed by atoms with E-state index >= 15 is 0 Å². The Balaban J connectivity index is 2.77. The molecule has 0 aliphatic rings. The van der Waals surface area contributed by atoms with Crippen LogP contribution in [-0.4, -0.2) is 28.2 Å². The molecule has 0 aliphatic heterocycles. The minimum atomic E-state index is -1.07. The molecule has 0 fully saturated rings. The van der Waals surface area contributed by atoms with Gasteiger partial charge < -0.3 is 14.9 Å². The van der Waals surface area contributed by atoms with Crippen molar-refractivity contribution in [2.45, 2.75) is 39.7 Å². The van der Waals surface area contributed by atoms with Gasteiger partial charge in [0.05, 0.1) is 5.69 Å². The summed E-state index contributed by atoms with van der Waals surface area (Å²) in [6.07, 6.45) is 0. The Morgan fingerprint density at radius 3 is 2.33 bits per heavy atom. The summed E-state index contributed by atoms with van der Waals surface area (Å²) in [5.74, 6) is -1.65. The number of carbonyl (C=O) groups is 2. The zero-order valence-electron chi connectivity index (χ0n) is 10.9. The van der Waals surface area contributed by atoms with Crippen molar-refractivity contribution in [3.8, 4) is 0 Å². The average molecular weight is 254 g/mol. The smallest absolute Gasteiger partial charge is 0.326 e. The molecule has 0 aromatic carbocycles. The van der Waals surface area contributed by atoms with Crippen LogP contribution in [0.5, 0.6) is 0 Å². The van der Waals surface area contributed by atoms with Crippen LogP contribution in [0.3, 0.4) is 0 Å². The van der Waals surface area contributed by atoms with E-state index in [4.69, 9.17) is 9.63 Å².